The second kappa shape index (κ2) is 12.4. The van der Waals surface area contributed by atoms with Gasteiger partial charge in [0.05, 0.1) is 27.2 Å². The first-order chi connectivity index (χ1) is 23.1. The molecular weight excluding hydrogens is 671 g/mol. The lowest BCUT2D eigenvalue weighted by Gasteiger charge is -2.30. The van der Waals surface area contributed by atoms with E-state index in [0.29, 0.717) is 55.7 Å². The van der Waals surface area contributed by atoms with Gasteiger partial charge in [-0.2, -0.15) is 15.2 Å². The van der Waals surface area contributed by atoms with Crippen LogP contribution in [-0.2, 0) is 4.79 Å². The second-order valence-corrected chi connectivity index (χ2v) is 13.6. The van der Waals surface area contributed by atoms with Gasteiger partial charge in [-0.15, -0.1) is 11.3 Å². The lowest BCUT2D eigenvalue weighted by atomic mass is 9.94. The molecule has 2 aromatic carbocycles. The molecule has 4 aromatic rings. The summed E-state index contributed by atoms with van der Waals surface area (Å²) in [7, 11) is 0. The predicted molar refractivity (Wildman–Crippen MR) is 174 cm³/mol. The summed E-state index contributed by atoms with van der Waals surface area (Å²) in [6, 6.07) is 5.59. The normalized spacial score (nSPS) is 21.5. The average molecular weight is 698 g/mol. The van der Waals surface area contributed by atoms with Crippen LogP contribution in [0.15, 0.2) is 30.1 Å². The molecule has 7 rings (SSSR count). The molecule has 0 aliphatic carbocycles. The number of amides is 2. The Bertz CT molecular complexity index is 2090. The third-order valence-electron chi connectivity index (χ3n) is 9.19. The Balaban J connectivity index is 1.35. The number of nitrogens with one attached hydrogen (secondary N) is 3. The summed E-state index contributed by atoms with van der Waals surface area (Å²) in [5.74, 6) is -1.54. The fourth-order valence-corrected chi connectivity index (χ4v) is 8.36. The summed E-state index contributed by atoms with van der Waals surface area (Å²) < 4.78 is 51.4. The molecule has 0 spiro atoms. The number of ether oxygens (including phenoxy) is 1. The molecule has 0 saturated carbocycles. The van der Waals surface area contributed by atoms with Crippen LogP contribution in [0.1, 0.15) is 31.2 Å². The Labute approximate surface area is 280 Å². The Morgan fingerprint density at radius 2 is 2.19 bits per heavy atom. The highest BCUT2D eigenvalue weighted by Crippen LogP contribution is 2.47. The van der Waals surface area contributed by atoms with E-state index >= 15 is 4.39 Å². The van der Waals surface area contributed by atoms with Gasteiger partial charge in [0.1, 0.15) is 34.8 Å². The zero-order chi connectivity index (χ0) is 33.7. The van der Waals surface area contributed by atoms with Crippen molar-refractivity contribution in [2.45, 2.75) is 31.2 Å². The third kappa shape index (κ3) is 5.53. The number of anilines is 2. The molecule has 2 atom stereocenters. The van der Waals surface area contributed by atoms with Gasteiger partial charge in [0.25, 0.3) is 0 Å². The van der Waals surface area contributed by atoms with Gasteiger partial charge in [-0.25, -0.2) is 18.0 Å². The van der Waals surface area contributed by atoms with Crippen molar-refractivity contribution in [1.82, 2.24) is 20.2 Å². The molecule has 248 valence electrons. The first kappa shape index (κ1) is 31.9. The number of aromatic nitrogens is 2. The molecule has 48 heavy (non-hydrogen) atoms. The Morgan fingerprint density at radius 1 is 1.35 bits per heavy atom. The molecule has 16 heteroatoms. The number of fused-ring (bicyclic) bond motifs is 3. The lowest BCUT2D eigenvalue weighted by molar-refractivity contribution is -0.119. The minimum absolute atomic E-state index is 0.00735. The van der Waals surface area contributed by atoms with E-state index in [1.54, 1.807) is 0 Å². The number of thiophene rings is 1. The maximum Gasteiger partial charge on any atom is 0.409 e. The Morgan fingerprint density at radius 3 is 2.92 bits per heavy atom. The molecule has 2 amide bonds. The number of nitrogens with zero attached hydrogens (tertiary/aromatic N) is 4. The van der Waals surface area contributed by atoms with E-state index in [-0.39, 0.29) is 78.0 Å². The molecule has 0 bridgehead atoms. The molecule has 4 N–H and O–H groups in total. The smallest absolute Gasteiger partial charge is 0.409 e. The third-order valence-corrected chi connectivity index (χ3v) is 10.6. The van der Waals surface area contributed by atoms with Gasteiger partial charge >= 0.3 is 12.1 Å². The van der Waals surface area contributed by atoms with E-state index < -0.39 is 23.3 Å². The van der Waals surface area contributed by atoms with Gasteiger partial charge in [-0.1, -0.05) is 17.7 Å². The van der Waals surface area contributed by atoms with E-state index in [0.717, 1.165) is 25.5 Å². The molecule has 0 radical (unpaired) electrons. The van der Waals surface area contributed by atoms with Crippen LogP contribution in [0.4, 0.5) is 28.8 Å². The van der Waals surface area contributed by atoms with Crippen molar-refractivity contribution in [3.05, 3.63) is 52.3 Å². The maximum atomic E-state index is 16.8. The number of benzene rings is 2. The molecule has 2 aromatic heterocycles. The SMILES string of the molecule is N#Cc1c(NC(=O)O)sc2c(F)ccc(-c3c(Cl)cc4c(NCC5CNC(=O)C5)nc(OCC56CCCN5C/C(=C\F)C6)nc4c3F)c12. The van der Waals surface area contributed by atoms with Crippen LogP contribution in [0.25, 0.3) is 32.1 Å². The summed E-state index contributed by atoms with van der Waals surface area (Å²) in [4.78, 5) is 34.4. The van der Waals surface area contributed by atoms with Crippen LogP contribution in [0.5, 0.6) is 6.01 Å². The zero-order valence-corrected chi connectivity index (χ0v) is 26.7. The van der Waals surface area contributed by atoms with Crippen LogP contribution in [0.3, 0.4) is 0 Å². The monoisotopic (exact) mass is 697 g/mol. The summed E-state index contributed by atoms with van der Waals surface area (Å²) in [5, 5.41) is 27.3. The molecule has 2 unspecified atom stereocenters. The zero-order valence-electron chi connectivity index (χ0n) is 25.1. The quantitative estimate of drug-likeness (QED) is 0.163. The first-order valence-corrected chi connectivity index (χ1v) is 16.3. The first-order valence-electron chi connectivity index (χ1n) is 15.1. The fourth-order valence-electron chi connectivity index (χ4n) is 6.99. The maximum absolute atomic E-state index is 16.8. The lowest BCUT2D eigenvalue weighted by Crippen LogP contribution is -2.43. The topological polar surface area (TPSA) is 152 Å². The standard InChI is InChI=1S/C32H27ClF3N7O4S/c33-20-7-18-26(25(36)24(20)17-2-3-21(35)27-23(17)19(10-37)29(48-27)42-31(45)46)40-30(41-28(18)39-12-15-6-22(44)38-11-15)47-14-32-4-1-5-43(32)13-16(8-32)9-34/h2-3,7,9,15,42H,1,4-6,8,11-14H2,(H,38,44)(H,45,46)(H,39,40,41)/b16-9-. The Hall–Kier alpha value is -4.65. The van der Waals surface area contributed by atoms with Crippen molar-refractivity contribution in [2.24, 2.45) is 5.92 Å². The van der Waals surface area contributed by atoms with Crippen molar-refractivity contribution in [3.63, 3.8) is 0 Å². The van der Waals surface area contributed by atoms with Crippen molar-refractivity contribution >= 4 is 66.7 Å². The number of hydrogen-bond acceptors (Lipinski definition) is 9. The van der Waals surface area contributed by atoms with Crippen LogP contribution in [0, 0.1) is 28.9 Å². The van der Waals surface area contributed by atoms with Gasteiger partial charge in [0.15, 0.2) is 5.82 Å². The molecule has 11 nitrogen and oxygen atoms in total. The van der Waals surface area contributed by atoms with Crippen molar-refractivity contribution < 1.29 is 32.6 Å². The van der Waals surface area contributed by atoms with Gasteiger partial charge in [-0.05, 0) is 49.1 Å². The number of hydrogen-bond donors (Lipinski definition) is 4. The van der Waals surface area contributed by atoms with Gasteiger partial charge in [-0.3, -0.25) is 15.0 Å². The van der Waals surface area contributed by atoms with Crippen LogP contribution in [-0.4, -0.2) is 70.3 Å². The van der Waals surface area contributed by atoms with Gasteiger partial charge < -0.3 is 20.5 Å². The van der Waals surface area contributed by atoms with E-state index in [1.807, 2.05) is 6.07 Å². The molecule has 3 fully saturated rings. The van der Waals surface area contributed by atoms with Crippen LogP contribution in [0.2, 0.25) is 5.02 Å². The highest BCUT2D eigenvalue weighted by Gasteiger charge is 2.47. The number of rotatable bonds is 8. The van der Waals surface area contributed by atoms with Crippen LogP contribution < -0.4 is 20.7 Å². The van der Waals surface area contributed by atoms with Gasteiger partial charge in [0.2, 0.25) is 5.91 Å². The largest absolute Gasteiger partial charge is 0.465 e. The molecular formula is C32H27ClF3N7O4S. The van der Waals surface area contributed by atoms with Crippen molar-refractivity contribution in [3.8, 4) is 23.2 Å². The highest BCUT2D eigenvalue weighted by atomic mass is 35.5. The Kier molecular flexibility index (Phi) is 8.26. The number of nitriles is 1. The van der Waals surface area contributed by atoms with E-state index in [2.05, 4.69) is 30.8 Å². The molecule has 3 aliphatic rings. The molecule has 3 aliphatic heterocycles. The highest BCUT2D eigenvalue weighted by molar-refractivity contribution is 7.23. The van der Waals surface area contributed by atoms with E-state index in [9.17, 15) is 28.7 Å². The summed E-state index contributed by atoms with van der Waals surface area (Å²) in [5.41, 5.74) is -0.255. The molecule has 5 heterocycles. The van der Waals surface area contributed by atoms with Crippen molar-refractivity contribution in [2.75, 3.05) is 43.4 Å². The average Bonchev–Trinajstić information content (AvgIpc) is 3.82. The number of carbonyl (C=O) groups is 2. The molecule has 3 saturated heterocycles. The number of carbonyl (C=O) groups excluding carboxylic acids is 1. The summed E-state index contributed by atoms with van der Waals surface area (Å²) in [6.07, 6.45) is 1.67. The van der Waals surface area contributed by atoms with E-state index in [1.165, 1.54) is 12.1 Å². The number of carboxylic acid groups (broad SMARTS) is 1. The predicted octanol–water partition coefficient (Wildman–Crippen LogP) is 6.42. The van der Waals surface area contributed by atoms with Gasteiger partial charge in [0, 0.05) is 48.3 Å². The summed E-state index contributed by atoms with van der Waals surface area (Å²) >= 11 is 7.44. The van der Waals surface area contributed by atoms with E-state index in [4.69, 9.17) is 16.3 Å². The minimum Gasteiger partial charge on any atom is -0.465 e. The van der Waals surface area contributed by atoms with Crippen LogP contribution >= 0.6 is 22.9 Å². The minimum atomic E-state index is -1.45. The fraction of sp³-hybridized carbons (Fsp3) is 0.344. The second-order valence-electron chi connectivity index (χ2n) is 12.2. The van der Waals surface area contributed by atoms with Crippen molar-refractivity contribution in [1.29, 1.82) is 5.26 Å². The summed E-state index contributed by atoms with van der Waals surface area (Å²) in [6.45, 7) is 2.21. The number of halogens is 4.